The number of aromatic amines is 1. The zero-order valence-electron chi connectivity index (χ0n) is 11.4. The first-order valence-corrected chi connectivity index (χ1v) is 6.66. The Hall–Kier alpha value is -2.95. The summed E-state index contributed by atoms with van der Waals surface area (Å²) in [5.41, 5.74) is 2.00. The van der Waals surface area contributed by atoms with Crippen molar-refractivity contribution in [2.24, 2.45) is 0 Å². The molecule has 0 aliphatic rings. The first kappa shape index (κ1) is 11.8. The zero-order valence-corrected chi connectivity index (χ0v) is 11.4. The minimum absolute atomic E-state index is 0.210. The smallest absolute Gasteiger partial charge is 0.273 e. The van der Waals surface area contributed by atoms with E-state index in [1.165, 1.54) is 5.39 Å². The second-order valence-electron chi connectivity index (χ2n) is 5.00. The van der Waals surface area contributed by atoms with Gasteiger partial charge in [-0.2, -0.15) is 5.10 Å². The lowest BCUT2D eigenvalue weighted by Gasteiger charge is -2.00. The normalized spacial score (nSPS) is 11.3. The van der Waals surface area contributed by atoms with Gasteiger partial charge < -0.3 is 0 Å². The van der Waals surface area contributed by atoms with E-state index >= 15 is 0 Å². The molecule has 0 fully saturated rings. The van der Waals surface area contributed by atoms with Crippen LogP contribution in [-0.2, 0) is 0 Å². The zero-order chi connectivity index (χ0) is 14.4. The van der Waals surface area contributed by atoms with Gasteiger partial charge in [-0.1, -0.05) is 36.4 Å². The summed E-state index contributed by atoms with van der Waals surface area (Å²) in [6.07, 6.45) is 1.82. The molecule has 2 aromatic heterocycles. The lowest BCUT2D eigenvalue weighted by atomic mass is 10.1. The highest BCUT2D eigenvalue weighted by molar-refractivity contribution is 5.86. The maximum atomic E-state index is 11.6. The Labute approximate surface area is 119 Å². The van der Waals surface area contributed by atoms with Crippen LogP contribution in [0.3, 0.4) is 0 Å². The molecule has 102 valence electrons. The van der Waals surface area contributed by atoms with Gasteiger partial charge in [-0.15, -0.1) is 0 Å². The number of hydrogen-bond donors (Lipinski definition) is 1. The molecule has 0 bridgehead atoms. The molecule has 0 spiro atoms. The Bertz CT molecular complexity index is 1030. The molecular weight excluding hydrogens is 264 g/mol. The van der Waals surface area contributed by atoms with Gasteiger partial charge in [0.1, 0.15) is 5.69 Å². The summed E-state index contributed by atoms with van der Waals surface area (Å²) in [7, 11) is 0. The molecular formula is C16H12N4O. The number of imidazole rings is 1. The Morgan fingerprint density at radius 3 is 2.76 bits per heavy atom. The van der Waals surface area contributed by atoms with E-state index < -0.39 is 0 Å². The number of fused-ring (bicyclic) bond motifs is 2. The summed E-state index contributed by atoms with van der Waals surface area (Å²) in [5, 5.41) is 6.54. The van der Waals surface area contributed by atoms with Gasteiger partial charge in [0.25, 0.3) is 5.56 Å². The average molecular weight is 276 g/mol. The van der Waals surface area contributed by atoms with Crippen molar-refractivity contribution in [3.8, 4) is 11.3 Å². The SMILES string of the molecule is Cc1nn2cc(-c3ccc4ccccc4c3)nc2[nH]c1=O. The lowest BCUT2D eigenvalue weighted by Crippen LogP contribution is -2.14. The van der Waals surface area contributed by atoms with Gasteiger partial charge in [0, 0.05) is 5.56 Å². The summed E-state index contributed by atoms with van der Waals surface area (Å²) >= 11 is 0. The molecule has 1 N–H and O–H groups in total. The van der Waals surface area contributed by atoms with Gasteiger partial charge >= 0.3 is 0 Å². The number of H-pyrrole nitrogens is 1. The fourth-order valence-electron chi connectivity index (χ4n) is 2.42. The van der Waals surface area contributed by atoms with Crippen LogP contribution in [0.1, 0.15) is 5.69 Å². The lowest BCUT2D eigenvalue weighted by molar-refractivity contribution is 0.850. The Kier molecular flexibility index (Phi) is 2.41. The van der Waals surface area contributed by atoms with Gasteiger partial charge in [0.05, 0.1) is 11.9 Å². The van der Waals surface area contributed by atoms with E-state index in [9.17, 15) is 4.79 Å². The third-order valence-electron chi connectivity index (χ3n) is 3.54. The molecule has 0 saturated carbocycles. The van der Waals surface area contributed by atoms with E-state index in [0.717, 1.165) is 16.6 Å². The van der Waals surface area contributed by atoms with Gasteiger partial charge in [-0.3, -0.25) is 9.78 Å². The summed E-state index contributed by atoms with van der Waals surface area (Å²) in [6, 6.07) is 14.3. The van der Waals surface area contributed by atoms with Gasteiger partial charge in [0.2, 0.25) is 5.78 Å². The molecule has 0 radical (unpaired) electrons. The van der Waals surface area contributed by atoms with Crippen molar-refractivity contribution in [3.63, 3.8) is 0 Å². The van der Waals surface area contributed by atoms with Crippen LogP contribution >= 0.6 is 0 Å². The molecule has 4 aromatic rings. The topological polar surface area (TPSA) is 63.1 Å². The Balaban J connectivity index is 1.93. The number of rotatable bonds is 1. The van der Waals surface area contributed by atoms with Crippen molar-refractivity contribution >= 4 is 16.6 Å². The number of nitrogens with zero attached hydrogens (tertiary/aromatic N) is 3. The maximum Gasteiger partial charge on any atom is 0.273 e. The van der Waals surface area contributed by atoms with Crippen molar-refractivity contribution in [2.45, 2.75) is 6.92 Å². The molecule has 0 saturated heterocycles. The summed E-state index contributed by atoms with van der Waals surface area (Å²) in [5.74, 6) is 0.453. The number of benzene rings is 2. The van der Waals surface area contributed by atoms with Gasteiger partial charge in [-0.25, -0.2) is 9.50 Å². The summed E-state index contributed by atoms with van der Waals surface area (Å²) < 4.78 is 1.60. The maximum absolute atomic E-state index is 11.6. The molecule has 21 heavy (non-hydrogen) atoms. The monoisotopic (exact) mass is 276 g/mol. The standard InChI is InChI=1S/C16H12N4O/c1-10-15(21)18-16-17-14(9-20(16)19-10)13-7-6-11-4-2-3-5-12(11)8-13/h2-9H,1H3,(H,17,18,21). The molecule has 5 nitrogen and oxygen atoms in total. The first-order chi connectivity index (χ1) is 10.2. The highest BCUT2D eigenvalue weighted by Crippen LogP contribution is 2.23. The van der Waals surface area contributed by atoms with Crippen LogP contribution in [0, 0.1) is 6.92 Å². The predicted molar refractivity (Wildman–Crippen MR) is 81.3 cm³/mol. The minimum Gasteiger partial charge on any atom is -0.289 e. The molecule has 5 heteroatoms. The first-order valence-electron chi connectivity index (χ1n) is 6.66. The fourth-order valence-corrected chi connectivity index (χ4v) is 2.42. The van der Waals surface area contributed by atoms with Crippen molar-refractivity contribution < 1.29 is 0 Å². The van der Waals surface area contributed by atoms with Crippen LogP contribution < -0.4 is 5.56 Å². The highest BCUT2D eigenvalue weighted by atomic mass is 16.1. The van der Waals surface area contributed by atoms with E-state index in [1.54, 1.807) is 11.4 Å². The quantitative estimate of drug-likeness (QED) is 0.581. The molecule has 0 amide bonds. The predicted octanol–water partition coefficient (Wildman–Crippen LogP) is 2.55. The van der Waals surface area contributed by atoms with E-state index in [0.29, 0.717) is 11.5 Å². The van der Waals surface area contributed by atoms with Crippen LogP contribution in [-0.4, -0.2) is 19.6 Å². The van der Waals surface area contributed by atoms with Crippen molar-refractivity contribution in [1.82, 2.24) is 19.6 Å². The molecule has 4 rings (SSSR count). The van der Waals surface area contributed by atoms with E-state index in [1.807, 2.05) is 24.4 Å². The van der Waals surface area contributed by atoms with Crippen LogP contribution in [0.5, 0.6) is 0 Å². The fraction of sp³-hybridized carbons (Fsp3) is 0.0625. The van der Waals surface area contributed by atoms with Gasteiger partial charge in [-0.05, 0) is 23.8 Å². The molecule has 0 unspecified atom stereocenters. The summed E-state index contributed by atoms with van der Waals surface area (Å²) in [6.45, 7) is 1.67. The Morgan fingerprint density at radius 1 is 1.10 bits per heavy atom. The van der Waals surface area contributed by atoms with Crippen LogP contribution in [0.2, 0.25) is 0 Å². The van der Waals surface area contributed by atoms with Crippen LogP contribution in [0.15, 0.2) is 53.5 Å². The third kappa shape index (κ3) is 1.90. The largest absolute Gasteiger partial charge is 0.289 e. The molecule has 0 aliphatic carbocycles. The number of aromatic nitrogens is 4. The number of nitrogens with one attached hydrogen (secondary N) is 1. The van der Waals surface area contributed by atoms with E-state index in [4.69, 9.17) is 0 Å². The van der Waals surface area contributed by atoms with Crippen LogP contribution in [0.4, 0.5) is 0 Å². The van der Waals surface area contributed by atoms with Crippen LogP contribution in [0.25, 0.3) is 27.8 Å². The van der Waals surface area contributed by atoms with Gasteiger partial charge in [0.15, 0.2) is 0 Å². The van der Waals surface area contributed by atoms with E-state index in [-0.39, 0.29) is 5.56 Å². The average Bonchev–Trinajstić information content (AvgIpc) is 2.90. The summed E-state index contributed by atoms with van der Waals surface area (Å²) in [4.78, 5) is 18.7. The molecule has 2 aromatic carbocycles. The second-order valence-corrected chi connectivity index (χ2v) is 5.00. The molecule has 0 atom stereocenters. The van der Waals surface area contributed by atoms with Crippen molar-refractivity contribution in [2.75, 3.05) is 0 Å². The van der Waals surface area contributed by atoms with Crippen molar-refractivity contribution in [3.05, 3.63) is 64.7 Å². The minimum atomic E-state index is -0.210. The number of hydrogen-bond acceptors (Lipinski definition) is 3. The molecule has 0 aliphatic heterocycles. The Morgan fingerprint density at radius 2 is 1.90 bits per heavy atom. The number of aryl methyl sites for hydroxylation is 1. The third-order valence-corrected chi connectivity index (χ3v) is 3.54. The second kappa shape index (κ2) is 4.28. The van der Waals surface area contributed by atoms with E-state index in [2.05, 4.69) is 39.3 Å². The molecule has 2 heterocycles. The van der Waals surface area contributed by atoms with Crippen molar-refractivity contribution in [1.29, 1.82) is 0 Å². The highest BCUT2D eigenvalue weighted by Gasteiger charge is 2.08.